The van der Waals surface area contributed by atoms with Crippen molar-refractivity contribution in [2.45, 2.75) is 19.3 Å². The molecule has 0 aromatic heterocycles. The molecule has 1 heterocycles. The smallest absolute Gasteiger partial charge is 0.227 e. The van der Waals surface area contributed by atoms with Crippen molar-refractivity contribution >= 4 is 47.4 Å². The number of hydrogen-bond donors (Lipinski definition) is 2. The zero-order valence-corrected chi connectivity index (χ0v) is 17.4. The fourth-order valence-electron chi connectivity index (χ4n) is 3.04. The van der Waals surface area contributed by atoms with E-state index in [1.807, 2.05) is 65.2 Å². The highest BCUT2D eigenvalue weighted by atomic mass is 35.5. The standard InChI is InChI=1S/C21H25N3O2S.ClH/c22-19-4-2-1-3-17(19)7-10-20(25)23-18-8-5-16(6-9-18)15-21(26)24-11-13-27-14-12-24;/h1-6,8-9H,7,10-15,22H2,(H,23,25);1H. The van der Waals surface area contributed by atoms with Crippen molar-refractivity contribution in [1.29, 1.82) is 0 Å². The maximum absolute atomic E-state index is 12.3. The Morgan fingerprint density at radius 3 is 2.39 bits per heavy atom. The normalized spacial score (nSPS) is 13.5. The summed E-state index contributed by atoms with van der Waals surface area (Å²) in [5, 5.41) is 2.90. The Balaban J connectivity index is 0.00000280. The summed E-state index contributed by atoms with van der Waals surface area (Å²) in [6.45, 7) is 1.67. The molecule has 0 aliphatic carbocycles. The van der Waals surface area contributed by atoms with Crippen LogP contribution < -0.4 is 11.1 Å². The minimum Gasteiger partial charge on any atom is -0.399 e. The number of carbonyl (C=O) groups excluding carboxylic acids is 2. The SMILES string of the molecule is Cl.Nc1ccccc1CCC(=O)Nc1ccc(CC(=O)N2CCSCC2)cc1. The Morgan fingerprint density at radius 1 is 1.04 bits per heavy atom. The number of halogens is 1. The number of para-hydroxylation sites is 1. The first-order valence-corrected chi connectivity index (χ1v) is 10.3. The van der Waals surface area contributed by atoms with Gasteiger partial charge >= 0.3 is 0 Å². The number of amides is 2. The summed E-state index contributed by atoms with van der Waals surface area (Å²) in [4.78, 5) is 26.4. The first kappa shape index (κ1) is 22.1. The minimum absolute atomic E-state index is 0. The number of nitrogens with one attached hydrogen (secondary N) is 1. The molecule has 2 amide bonds. The van der Waals surface area contributed by atoms with E-state index in [1.54, 1.807) is 0 Å². The van der Waals surface area contributed by atoms with Gasteiger partial charge < -0.3 is 16.0 Å². The van der Waals surface area contributed by atoms with Gasteiger partial charge in [-0.2, -0.15) is 11.8 Å². The lowest BCUT2D eigenvalue weighted by atomic mass is 10.1. The molecule has 2 aromatic rings. The quantitative estimate of drug-likeness (QED) is 0.704. The van der Waals surface area contributed by atoms with Gasteiger partial charge in [-0.05, 0) is 35.7 Å². The Bertz CT molecular complexity index is 792. The van der Waals surface area contributed by atoms with Crippen molar-refractivity contribution < 1.29 is 9.59 Å². The van der Waals surface area contributed by atoms with E-state index in [0.29, 0.717) is 24.9 Å². The molecule has 0 atom stereocenters. The summed E-state index contributed by atoms with van der Waals surface area (Å²) in [6.07, 6.45) is 1.40. The summed E-state index contributed by atoms with van der Waals surface area (Å²) in [5.74, 6) is 2.16. The zero-order chi connectivity index (χ0) is 19.1. The number of nitrogens with two attached hydrogens (primary N) is 1. The van der Waals surface area contributed by atoms with Gasteiger partial charge in [0.25, 0.3) is 0 Å². The molecule has 5 nitrogen and oxygen atoms in total. The van der Waals surface area contributed by atoms with Gasteiger partial charge in [0.15, 0.2) is 0 Å². The number of rotatable bonds is 6. The average molecular weight is 420 g/mol. The Morgan fingerprint density at radius 2 is 1.71 bits per heavy atom. The second kappa shape index (κ2) is 11.0. The summed E-state index contributed by atoms with van der Waals surface area (Å²) in [7, 11) is 0. The molecule has 1 aliphatic rings. The molecule has 150 valence electrons. The summed E-state index contributed by atoms with van der Waals surface area (Å²) < 4.78 is 0. The molecule has 2 aromatic carbocycles. The van der Waals surface area contributed by atoms with Crippen LogP contribution in [0.15, 0.2) is 48.5 Å². The number of nitrogens with zero attached hydrogens (tertiary/aromatic N) is 1. The fraction of sp³-hybridized carbons (Fsp3) is 0.333. The zero-order valence-electron chi connectivity index (χ0n) is 15.7. The highest BCUT2D eigenvalue weighted by Crippen LogP contribution is 2.16. The highest BCUT2D eigenvalue weighted by molar-refractivity contribution is 7.99. The lowest BCUT2D eigenvalue weighted by Gasteiger charge is -2.26. The number of hydrogen-bond acceptors (Lipinski definition) is 4. The van der Waals surface area contributed by atoms with E-state index in [0.717, 1.165) is 41.4 Å². The molecular weight excluding hydrogens is 394 g/mol. The molecule has 3 N–H and O–H groups in total. The predicted molar refractivity (Wildman–Crippen MR) is 119 cm³/mol. The van der Waals surface area contributed by atoms with Crippen LogP contribution in [-0.2, 0) is 22.4 Å². The molecule has 1 fully saturated rings. The first-order chi connectivity index (χ1) is 13.1. The molecular formula is C21H26ClN3O2S. The van der Waals surface area contributed by atoms with Crippen LogP contribution >= 0.6 is 24.2 Å². The van der Waals surface area contributed by atoms with E-state index in [-0.39, 0.29) is 24.2 Å². The topological polar surface area (TPSA) is 75.4 Å². The van der Waals surface area contributed by atoms with E-state index in [9.17, 15) is 9.59 Å². The van der Waals surface area contributed by atoms with Gasteiger partial charge in [0.05, 0.1) is 6.42 Å². The highest BCUT2D eigenvalue weighted by Gasteiger charge is 2.16. The molecule has 0 radical (unpaired) electrons. The largest absolute Gasteiger partial charge is 0.399 e. The van der Waals surface area contributed by atoms with Crippen molar-refractivity contribution in [2.75, 3.05) is 35.6 Å². The van der Waals surface area contributed by atoms with Crippen LogP contribution in [0.3, 0.4) is 0 Å². The molecule has 3 rings (SSSR count). The fourth-order valence-corrected chi connectivity index (χ4v) is 3.94. The predicted octanol–water partition coefficient (Wildman–Crippen LogP) is 3.38. The van der Waals surface area contributed by atoms with Crippen molar-refractivity contribution in [3.05, 3.63) is 59.7 Å². The Kier molecular flexibility index (Phi) is 8.67. The van der Waals surface area contributed by atoms with Gasteiger partial charge in [0, 0.05) is 42.4 Å². The van der Waals surface area contributed by atoms with Crippen LogP contribution in [0.25, 0.3) is 0 Å². The molecule has 7 heteroatoms. The molecule has 0 unspecified atom stereocenters. The summed E-state index contributed by atoms with van der Waals surface area (Å²) >= 11 is 1.89. The maximum Gasteiger partial charge on any atom is 0.227 e. The van der Waals surface area contributed by atoms with Crippen LogP contribution in [0.4, 0.5) is 11.4 Å². The number of carbonyl (C=O) groups is 2. The number of anilines is 2. The van der Waals surface area contributed by atoms with Crippen molar-refractivity contribution in [3.8, 4) is 0 Å². The Labute approximate surface area is 176 Å². The molecule has 28 heavy (non-hydrogen) atoms. The van der Waals surface area contributed by atoms with Crippen molar-refractivity contribution in [1.82, 2.24) is 4.90 Å². The first-order valence-electron chi connectivity index (χ1n) is 9.19. The van der Waals surface area contributed by atoms with Crippen LogP contribution in [0, 0.1) is 0 Å². The van der Waals surface area contributed by atoms with E-state index in [2.05, 4.69) is 5.32 Å². The van der Waals surface area contributed by atoms with E-state index in [4.69, 9.17) is 5.73 Å². The van der Waals surface area contributed by atoms with Gasteiger partial charge in [-0.15, -0.1) is 12.4 Å². The van der Waals surface area contributed by atoms with Gasteiger partial charge in [-0.25, -0.2) is 0 Å². The summed E-state index contributed by atoms with van der Waals surface area (Å²) in [5.41, 5.74) is 9.31. The average Bonchev–Trinajstić information content (AvgIpc) is 2.69. The van der Waals surface area contributed by atoms with Gasteiger partial charge in [-0.1, -0.05) is 30.3 Å². The third kappa shape index (κ3) is 6.46. The molecule has 0 spiro atoms. The summed E-state index contributed by atoms with van der Waals surface area (Å²) in [6, 6.07) is 15.1. The van der Waals surface area contributed by atoms with Gasteiger partial charge in [-0.3, -0.25) is 9.59 Å². The van der Waals surface area contributed by atoms with E-state index in [1.165, 1.54) is 0 Å². The lowest BCUT2D eigenvalue weighted by Crippen LogP contribution is -2.38. The number of benzene rings is 2. The lowest BCUT2D eigenvalue weighted by molar-refractivity contribution is -0.130. The minimum atomic E-state index is -0.0482. The number of nitrogen functional groups attached to an aromatic ring is 1. The van der Waals surface area contributed by atoms with E-state index >= 15 is 0 Å². The second-order valence-corrected chi connectivity index (χ2v) is 7.84. The third-order valence-electron chi connectivity index (χ3n) is 4.63. The maximum atomic E-state index is 12.3. The van der Waals surface area contributed by atoms with Crippen LogP contribution in [0.1, 0.15) is 17.5 Å². The van der Waals surface area contributed by atoms with Crippen LogP contribution in [0.5, 0.6) is 0 Å². The Hall–Kier alpha value is -2.18. The van der Waals surface area contributed by atoms with Crippen molar-refractivity contribution in [2.24, 2.45) is 0 Å². The second-order valence-electron chi connectivity index (χ2n) is 6.61. The molecule has 0 bridgehead atoms. The van der Waals surface area contributed by atoms with Crippen LogP contribution in [0.2, 0.25) is 0 Å². The number of thioether (sulfide) groups is 1. The monoisotopic (exact) mass is 419 g/mol. The van der Waals surface area contributed by atoms with Crippen LogP contribution in [-0.4, -0.2) is 41.3 Å². The van der Waals surface area contributed by atoms with E-state index < -0.39 is 0 Å². The number of aryl methyl sites for hydroxylation is 1. The third-order valence-corrected chi connectivity index (χ3v) is 5.58. The van der Waals surface area contributed by atoms with Gasteiger partial charge in [0.2, 0.25) is 11.8 Å². The van der Waals surface area contributed by atoms with Gasteiger partial charge in [0.1, 0.15) is 0 Å². The van der Waals surface area contributed by atoms with Crippen molar-refractivity contribution in [3.63, 3.8) is 0 Å². The molecule has 0 saturated carbocycles. The molecule has 1 saturated heterocycles. The molecule has 1 aliphatic heterocycles.